The van der Waals surface area contributed by atoms with Crippen molar-refractivity contribution < 1.29 is 0 Å². The first-order valence-corrected chi connectivity index (χ1v) is 2.75. The molecule has 0 fully saturated rings. The fourth-order valence-electron chi connectivity index (χ4n) is 0.750. The van der Waals surface area contributed by atoms with Crippen LogP contribution >= 0.6 is 0 Å². The Morgan fingerprint density at radius 1 is 1.75 bits per heavy atom. The van der Waals surface area contributed by atoms with Gasteiger partial charge in [0.1, 0.15) is 0 Å². The van der Waals surface area contributed by atoms with Crippen LogP contribution in [0, 0.1) is 13.8 Å². The second-order valence-electron chi connectivity index (χ2n) is 1.84. The Kier molecular flexibility index (Phi) is 1.38. The highest BCUT2D eigenvalue weighted by Crippen LogP contribution is 1.97. The fraction of sp³-hybridized carbons (Fsp3) is 0.286. The van der Waals surface area contributed by atoms with Crippen molar-refractivity contribution in [2.24, 2.45) is 0 Å². The number of nitrogens with zero attached hydrogens (tertiary/aromatic N) is 1. The summed E-state index contributed by atoms with van der Waals surface area (Å²) in [5, 5.41) is 0. The average Bonchev–Trinajstić information content (AvgIpc) is 2.14. The standard InChI is InChI=1S/C7H10N/c1-3-8-6-4-5-7(8)2/h4-6H,1,3H2,2H3. The van der Waals surface area contributed by atoms with Gasteiger partial charge in [0.2, 0.25) is 0 Å². The molecule has 0 N–H and O–H groups in total. The van der Waals surface area contributed by atoms with Crippen LogP contribution in [-0.4, -0.2) is 4.57 Å². The first-order chi connectivity index (χ1) is 3.84. The van der Waals surface area contributed by atoms with E-state index in [0.717, 1.165) is 6.54 Å². The van der Waals surface area contributed by atoms with Crippen LogP contribution in [0.2, 0.25) is 0 Å². The summed E-state index contributed by atoms with van der Waals surface area (Å²) < 4.78 is 2.10. The minimum absolute atomic E-state index is 0.832. The smallest absolute Gasteiger partial charge is 0.0222 e. The van der Waals surface area contributed by atoms with Crippen molar-refractivity contribution in [1.29, 1.82) is 0 Å². The van der Waals surface area contributed by atoms with Crippen LogP contribution in [0.4, 0.5) is 0 Å². The predicted molar refractivity (Wildman–Crippen MR) is 34.5 cm³/mol. The Morgan fingerprint density at radius 3 is 2.75 bits per heavy atom. The van der Waals surface area contributed by atoms with Gasteiger partial charge in [0, 0.05) is 18.4 Å². The summed E-state index contributed by atoms with van der Waals surface area (Å²) in [7, 11) is 0. The summed E-state index contributed by atoms with van der Waals surface area (Å²) >= 11 is 0. The van der Waals surface area contributed by atoms with Gasteiger partial charge in [0.05, 0.1) is 0 Å². The number of hydrogen-bond acceptors (Lipinski definition) is 0. The third kappa shape index (κ3) is 0.760. The number of rotatable bonds is 1. The molecule has 0 aliphatic carbocycles. The normalized spacial score (nSPS) is 9.75. The highest BCUT2D eigenvalue weighted by atomic mass is 14.9. The molecule has 1 heteroatoms. The maximum absolute atomic E-state index is 3.75. The second-order valence-corrected chi connectivity index (χ2v) is 1.84. The van der Waals surface area contributed by atoms with Gasteiger partial charge in [0.15, 0.2) is 0 Å². The fourth-order valence-corrected chi connectivity index (χ4v) is 0.750. The van der Waals surface area contributed by atoms with E-state index in [1.54, 1.807) is 0 Å². The topological polar surface area (TPSA) is 4.93 Å². The molecule has 1 heterocycles. The zero-order chi connectivity index (χ0) is 5.98. The lowest BCUT2D eigenvalue weighted by atomic mass is 10.5. The lowest BCUT2D eigenvalue weighted by molar-refractivity contribution is 0.795. The molecule has 1 aromatic rings. The van der Waals surface area contributed by atoms with Gasteiger partial charge in [-0.15, -0.1) is 0 Å². The maximum atomic E-state index is 3.75. The van der Waals surface area contributed by atoms with Gasteiger partial charge in [-0.3, -0.25) is 0 Å². The molecular weight excluding hydrogens is 98.1 g/mol. The molecule has 0 bridgehead atoms. The molecule has 0 amide bonds. The van der Waals surface area contributed by atoms with Gasteiger partial charge >= 0.3 is 0 Å². The van der Waals surface area contributed by atoms with Gasteiger partial charge in [0.25, 0.3) is 0 Å². The minimum atomic E-state index is 0.832. The summed E-state index contributed by atoms with van der Waals surface area (Å²) in [6.45, 7) is 6.66. The SMILES string of the molecule is [CH2]Cn1cccc1C. The Labute approximate surface area is 49.9 Å². The first-order valence-electron chi connectivity index (χ1n) is 2.75. The van der Waals surface area contributed by atoms with E-state index in [0.29, 0.717) is 0 Å². The molecule has 1 rings (SSSR count). The van der Waals surface area contributed by atoms with E-state index in [2.05, 4.69) is 24.5 Å². The van der Waals surface area contributed by atoms with Crippen molar-refractivity contribution in [2.75, 3.05) is 0 Å². The van der Waals surface area contributed by atoms with E-state index in [-0.39, 0.29) is 0 Å². The van der Waals surface area contributed by atoms with E-state index >= 15 is 0 Å². The van der Waals surface area contributed by atoms with Crippen molar-refractivity contribution in [3.63, 3.8) is 0 Å². The Hall–Kier alpha value is -0.720. The van der Waals surface area contributed by atoms with E-state index in [1.165, 1.54) is 5.69 Å². The molecule has 0 aliphatic rings. The molecule has 0 atom stereocenters. The summed E-state index contributed by atoms with van der Waals surface area (Å²) in [6, 6.07) is 4.10. The van der Waals surface area contributed by atoms with E-state index in [1.807, 2.05) is 12.3 Å². The molecular formula is C7H10N. The molecule has 8 heavy (non-hydrogen) atoms. The molecule has 0 spiro atoms. The third-order valence-corrected chi connectivity index (χ3v) is 1.30. The Balaban J connectivity index is 2.92. The molecule has 0 unspecified atom stereocenters. The average molecular weight is 108 g/mol. The summed E-state index contributed by atoms with van der Waals surface area (Å²) in [6.07, 6.45) is 2.03. The third-order valence-electron chi connectivity index (χ3n) is 1.30. The van der Waals surface area contributed by atoms with Gasteiger partial charge < -0.3 is 4.57 Å². The van der Waals surface area contributed by atoms with Gasteiger partial charge in [-0.2, -0.15) is 0 Å². The Morgan fingerprint density at radius 2 is 2.50 bits per heavy atom. The molecule has 1 nitrogen and oxygen atoms in total. The quantitative estimate of drug-likeness (QED) is 0.515. The Bertz CT molecular complexity index is 165. The largest absolute Gasteiger partial charge is 0.352 e. The van der Waals surface area contributed by atoms with Gasteiger partial charge in [-0.25, -0.2) is 0 Å². The van der Waals surface area contributed by atoms with E-state index in [4.69, 9.17) is 0 Å². The van der Waals surface area contributed by atoms with Crippen LogP contribution in [0.1, 0.15) is 5.69 Å². The summed E-state index contributed by atoms with van der Waals surface area (Å²) in [4.78, 5) is 0. The van der Waals surface area contributed by atoms with Crippen LogP contribution in [0.5, 0.6) is 0 Å². The van der Waals surface area contributed by atoms with Crippen LogP contribution in [-0.2, 0) is 6.54 Å². The van der Waals surface area contributed by atoms with Crippen molar-refractivity contribution in [3.05, 3.63) is 30.9 Å². The number of hydrogen-bond donors (Lipinski definition) is 0. The molecule has 0 aromatic carbocycles. The number of aromatic nitrogens is 1. The first kappa shape index (κ1) is 5.42. The molecule has 43 valence electrons. The zero-order valence-electron chi connectivity index (χ0n) is 5.09. The van der Waals surface area contributed by atoms with E-state index in [9.17, 15) is 0 Å². The highest BCUT2D eigenvalue weighted by molar-refractivity contribution is 5.04. The lowest BCUT2D eigenvalue weighted by Gasteiger charge is -1.97. The molecule has 0 saturated heterocycles. The minimum Gasteiger partial charge on any atom is -0.352 e. The van der Waals surface area contributed by atoms with Crippen molar-refractivity contribution >= 4 is 0 Å². The van der Waals surface area contributed by atoms with Crippen LogP contribution in [0.25, 0.3) is 0 Å². The van der Waals surface area contributed by atoms with Crippen LogP contribution in [0.3, 0.4) is 0 Å². The molecule has 0 aliphatic heterocycles. The molecule has 1 aromatic heterocycles. The van der Waals surface area contributed by atoms with Gasteiger partial charge in [-0.1, -0.05) is 0 Å². The van der Waals surface area contributed by atoms with Crippen LogP contribution in [0.15, 0.2) is 18.3 Å². The van der Waals surface area contributed by atoms with Gasteiger partial charge in [-0.05, 0) is 26.0 Å². The zero-order valence-corrected chi connectivity index (χ0v) is 5.09. The molecule has 1 radical (unpaired) electrons. The lowest BCUT2D eigenvalue weighted by Crippen LogP contribution is -1.92. The number of aryl methyl sites for hydroxylation is 1. The van der Waals surface area contributed by atoms with Crippen molar-refractivity contribution in [1.82, 2.24) is 4.57 Å². The summed E-state index contributed by atoms with van der Waals surface area (Å²) in [5.74, 6) is 0. The monoisotopic (exact) mass is 108 g/mol. The van der Waals surface area contributed by atoms with Crippen molar-refractivity contribution in [2.45, 2.75) is 13.5 Å². The maximum Gasteiger partial charge on any atom is 0.0222 e. The highest BCUT2D eigenvalue weighted by Gasteiger charge is 1.87. The van der Waals surface area contributed by atoms with Crippen molar-refractivity contribution in [3.8, 4) is 0 Å². The van der Waals surface area contributed by atoms with Crippen LogP contribution < -0.4 is 0 Å². The second kappa shape index (κ2) is 2.03. The molecule has 0 saturated carbocycles. The predicted octanol–water partition coefficient (Wildman–Crippen LogP) is 1.63. The van der Waals surface area contributed by atoms with E-state index < -0.39 is 0 Å². The summed E-state index contributed by atoms with van der Waals surface area (Å²) in [5.41, 5.74) is 1.28.